The van der Waals surface area contributed by atoms with Crippen molar-refractivity contribution >= 4 is 0 Å². The number of quaternary nitrogens is 1. The van der Waals surface area contributed by atoms with E-state index in [0.29, 0.717) is 6.17 Å². The van der Waals surface area contributed by atoms with E-state index >= 15 is 0 Å². The number of rotatable bonds is 12. The Morgan fingerprint density at radius 3 is 2.24 bits per heavy atom. The second-order valence-electron chi connectivity index (χ2n) is 9.17. The Bertz CT molecular complexity index is 372. The number of nitrogens with zero attached hydrogens (tertiary/aromatic N) is 2. The van der Waals surface area contributed by atoms with Gasteiger partial charge < -0.3 is 0 Å². The molecule has 25 heavy (non-hydrogen) atoms. The van der Waals surface area contributed by atoms with Gasteiger partial charge in [0.25, 0.3) is 0 Å². The van der Waals surface area contributed by atoms with Gasteiger partial charge in [-0.05, 0) is 18.3 Å². The molecule has 0 spiro atoms. The maximum Gasteiger partial charge on any atom is 0.144 e. The van der Waals surface area contributed by atoms with Crippen molar-refractivity contribution in [3.63, 3.8) is 0 Å². The van der Waals surface area contributed by atoms with E-state index in [1.807, 2.05) is 0 Å². The van der Waals surface area contributed by atoms with Crippen LogP contribution in [0.4, 0.5) is 0 Å². The molecule has 2 aliphatic heterocycles. The van der Waals surface area contributed by atoms with Crippen LogP contribution in [0.15, 0.2) is 0 Å². The van der Waals surface area contributed by atoms with Crippen LogP contribution >= 0.6 is 0 Å². The Balaban J connectivity index is 1.89. The van der Waals surface area contributed by atoms with Gasteiger partial charge in [0.1, 0.15) is 18.9 Å². The minimum atomic E-state index is 0.688. The summed E-state index contributed by atoms with van der Waals surface area (Å²) in [5, 5.41) is 3.91. The summed E-state index contributed by atoms with van der Waals surface area (Å²) in [6.45, 7) is 14.6. The van der Waals surface area contributed by atoms with Gasteiger partial charge in [-0.25, -0.2) is 0 Å². The molecule has 0 radical (unpaired) electrons. The first-order chi connectivity index (χ1) is 12.1. The van der Waals surface area contributed by atoms with Crippen LogP contribution in [0.25, 0.3) is 0 Å². The second kappa shape index (κ2) is 10.3. The molecule has 0 aliphatic carbocycles. The SMILES string of the molecule is CCCCC(CC)CC1NCC2CN(CC(CC)CCCC)C[N+]21C. The average molecular weight is 353 g/mol. The van der Waals surface area contributed by atoms with Crippen molar-refractivity contribution in [2.45, 2.75) is 97.7 Å². The van der Waals surface area contributed by atoms with Crippen LogP contribution in [0.5, 0.6) is 0 Å². The fourth-order valence-electron chi connectivity index (χ4n) is 5.23. The van der Waals surface area contributed by atoms with Crippen molar-refractivity contribution in [3.05, 3.63) is 0 Å². The summed E-state index contributed by atoms with van der Waals surface area (Å²) in [4.78, 5) is 2.80. The summed E-state index contributed by atoms with van der Waals surface area (Å²) in [6, 6.07) is 0.817. The van der Waals surface area contributed by atoms with E-state index in [2.05, 4.69) is 45.0 Å². The summed E-state index contributed by atoms with van der Waals surface area (Å²) < 4.78 is 1.27. The maximum atomic E-state index is 3.91. The zero-order valence-corrected chi connectivity index (χ0v) is 17.9. The molecule has 2 rings (SSSR count). The normalized spacial score (nSPS) is 32.0. The topological polar surface area (TPSA) is 15.3 Å². The maximum absolute atomic E-state index is 3.91. The number of likely N-dealkylation sites (N-methyl/N-ethyl adjacent to an activating group) is 1. The molecule has 1 N–H and O–H groups in total. The van der Waals surface area contributed by atoms with Crippen LogP contribution in [-0.4, -0.2) is 54.9 Å². The Morgan fingerprint density at radius 1 is 1.00 bits per heavy atom. The lowest BCUT2D eigenvalue weighted by Gasteiger charge is -2.37. The fourth-order valence-corrected chi connectivity index (χ4v) is 5.23. The molecule has 148 valence electrons. The number of nitrogens with one attached hydrogen (secondary N) is 1. The molecule has 2 aliphatic rings. The first-order valence-electron chi connectivity index (χ1n) is 11.4. The quantitative estimate of drug-likeness (QED) is 0.506. The molecule has 2 fully saturated rings. The van der Waals surface area contributed by atoms with Crippen LogP contribution in [0.2, 0.25) is 0 Å². The minimum Gasteiger partial charge on any atom is -0.294 e. The minimum absolute atomic E-state index is 0.688. The van der Waals surface area contributed by atoms with Gasteiger partial charge in [0.05, 0.1) is 20.1 Å². The molecule has 0 bridgehead atoms. The zero-order valence-electron chi connectivity index (χ0n) is 17.9. The Kier molecular flexibility index (Phi) is 8.71. The van der Waals surface area contributed by atoms with Gasteiger partial charge in [-0.1, -0.05) is 72.6 Å². The number of unbranched alkanes of at least 4 members (excludes halogenated alkanes) is 2. The summed E-state index contributed by atoms with van der Waals surface area (Å²) in [7, 11) is 2.54. The molecular weight excluding hydrogens is 306 g/mol. The van der Waals surface area contributed by atoms with Gasteiger partial charge in [0, 0.05) is 13.0 Å². The van der Waals surface area contributed by atoms with Crippen molar-refractivity contribution in [3.8, 4) is 0 Å². The molecule has 0 aromatic carbocycles. The van der Waals surface area contributed by atoms with Crippen LogP contribution in [0.1, 0.15) is 85.5 Å². The summed E-state index contributed by atoms with van der Waals surface area (Å²) in [5.41, 5.74) is 0. The third kappa shape index (κ3) is 5.43. The molecule has 0 aromatic heterocycles. The number of fused-ring (bicyclic) bond motifs is 1. The highest BCUT2D eigenvalue weighted by atomic mass is 15.6. The molecule has 0 amide bonds. The highest BCUT2D eigenvalue weighted by Crippen LogP contribution is 2.34. The molecule has 2 saturated heterocycles. The highest BCUT2D eigenvalue weighted by Gasteiger charge is 2.52. The summed E-state index contributed by atoms with van der Waals surface area (Å²) in [5.74, 6) is 1.82. The van der Waals surface area contributed by atoms with Crippen LogP contribution in [0, 0.1) is 11.8 Å². The summed E-state index contributed by atoms with van der Waals surface area (Å²) in [6.07, 6.45) is 13.1. The lowest BCUT2D eigenvalue weighted by Crippen LogP contribution is -2.54. The van der Waals surface area contributed by atoms with Gasteiger partial charge in [0.2, 0.25) is 0 Å². The molecule has 0 aromatic rings. The first kappa shape index (κ1) is 21.2. The zero-order chi connectivity index (χ0) is 18.3. The van der Waals surface area contributed by atoms with E-state index in [-0.39, 0.29) is 0 Å². The molecule has 5 unspecified atom stereocenters. The van der Waals surface area contributed by atoms with E-state index < -0.39 is 0 Å². The van der Waals surface area contributed by atoms with Crippen molar-refractivity contribution in [1.29, 1.82) is 0 Å². The van der Waals surface area contributed by atoms with Crippen LogP contribution in [-0.2, 0) is 0 Å². The van der Waals surface area contributed by atoms with E-state index in [9.17, 15) is 0 Å². The molecule has 2 heterocycles. The van der Waals surface area contributed by atoms with Crippen molar-refractivity contribution in [1.82, 2.24) is 10.2 Å². The number of hydrogen-bond donors (Lipinski definition) is 1. The average Bonchev–Trinajstić information content (AvgIpc) is 3.08. The lowest BCUT2D eigenvalue weighted by atomic mass is 9.94. The van der Waals surface area contributed by atoms with E-state index in [4.69, 9.17) is 0 Å². The summed E-state index contributed by atoms with van der Waals surface area (Å²) >= 11 is 0. The van der Waals surface area contributed by atoms with Gasteiger partial charge in [0.15, 0.2) is 0 Å². The standard InChI is InChI=1S/C22H46N3/c1-6-10-12-19(8-3)14-22-23-15-21-17-24(18-25(21,22)5)16-20(9-4)13-11-7-2/h19-23H,6-18H2,1-5H3/q+1. The Hall–Kier alpha value is -0.120. The molecule has 3 nitrogen and oxygen atoms in total. The van der Waals surface area contributed by atoms with Crippen molar-refractivity contribution < 1.29 is 4.48 Å². The van der Waals surface area contributed by atoms with Gasteiger partial charge in [-0.2, -0.15) is 0 Å². The Labute approximate surface area is 158 Å². The second-order valence-corrected chi connectivity index (χ2v) is 9.17. The molecule has 3 heteroatoms. The molecular formula is C22H46N3+. The first-order valence-corrected chi connectivity index (χ1v) is 11.4. The Morgan fingerprint density at radius 2 is 1.64 bits per heavy atom. The smallest absolute Gasteiger partial charge is 0.144 e. The van der Waals surface area contributed by atoms with Crippen LogP contribution in [0.3, 0.4) is 0 Å². The number of hydrogen-bond acceptors (Lipinski definition) is 2. The van der Waals surface area contributed by atoms with Crippen molar-refractivity contribution in [2.75, 3.05) is 33.4 Å². The van der Waals surface area contributed by atoms with E-state index in [0.717, 1.165) is 17.9 Å². The van der Waals surface area contributed by atoms with E-state index in [1.165, 1.54) is 88.6 Å². The largest absolute Gasteiger partial charge is 0.294 e. The predicted octanol–water partition coefficient (Wildman–Crippen LogP) is 4.83. The van der Waals surface area contributed by atoms with Gasteiger partial charge in [-0.15, -0.1) is 0 Å². The van der Waals surface area contributed by atoms with Crippen LogP contribution < -0.4 is 5.32 Å². The van der Waals surface area contributed by atoms with Gasteiger partial charge in [-0.3, -0.25) is 14.7 Å². The third-order valence-corrected chi connectivity index (χ3v) is 7.27. The van der Waals surface area contributed by atoms with Crippen molar-refractivity contribution in [2.24, 2.45) is 11.8 Å². The lowest BCUT2D eigenvalue weighted by molar-refractivity contribution is -0.936. The van der Waals surface area contributed by atoms with E-state index in [1.54, 1.807) is 0 Å². The fraction of sp³-hybridized carbons (Fsp3) is 1.00. The monoisotopic (exact) mass is 352 g/mol. The molecule has 0 saturated carbocycles. The van der Waals surface area contributed by atoms with Gasteiger partial charge >= 0.3 is 0 Å². The molecule has 5 atom stereocenters. The third-order valence-electron chi connectivity index (χ3n) is 7.27. The predicted molar refractivity (Wildman–Crippen MR) is 109 cm³/mol. The highest BCUT2D eigenvalue weighted by molar-refractivity contribution is 4.85.